The molecule has 0 radical (unpaired) electrons. The van der Waals surface area contributed by atoms with E-state index in [0.717, 1.165) is 10.1 Å². The molecule has 0 spiro atoms. The molecule has 0 saturated heterocycles. The van der Waals surface area contributed by atoms with Crippen molar-refractivity contribution in [3.8, 4) is 17.2 Å². The van der Waals surface area contributed by atoms with Gasteiger partial charge in [-0.05, 0) is 30.3 Å². The molecule has 1 aromatic heterocycles. The van der Waals surface area contributed by atoms with Crippen LogP contribution in [0.15, 0.2) is 36.4 Å². The van der Waals surface area contributed by atoms with Gasteiger partial charge in [0, 0.05) is 16.2 Å². The van der Waals surface area contributed by atoms with E-state index in [-0.39, 0.29) is 5.91 Å². The molecule has 0 aliphatic heterocycles. The monoisotopic (exact) mass is 377 g/mol. The highest BCUT2D eigenvalue weighted by Gasteiger charge is 2.19. The number of carbonyl (C=O) groups excluding carboxylic acids is 1. The zero-order chi connectivity index (χ0) is 18.0. The molecule has 0 aliphatic carbocycles. The second-order valence-electron chi connectivity index (χ2n) is 5.13. The third kappa shape index (κ3) is 3.36. The Labute approximate surface area is 154 Å². The van der Waals surface area contributed by atoms with E-state index in [1.165, 1.54) is 18.4 Å². The average Bonchev–Trinajstić information content (AvgIpc) is 2.98. The highest BCUT2D eigenvalue weighted by atomic mass is 35.5. The molecule has 0 unspecified atom stereocenters. The molecule has 2 aromatic carbocycles. The maximum Gasteiger partial charge on any atom is 0.267 e. The Hall–Kier alpha value is -2.44. The lowest BCUT2D eigenvalue weighted by molar-refractivity contribution is 0.103. The van der Waals surface area contributed by atoms with Gasteiger partial charge in [0.1, 0.15) is 22.1 Å². The molecule has 0 saturated carbocycles. The molecule has 130 valence electrons. The third-order valence-corrected chi connectivity index (χ3v) is 5.37. The maximum absolute atomic E-state index is 12.7. The first-order valence-corrected chi connectivity index (χ1v) is 8.56. The van der Waals surface area contributed by atoms with E-state index in [0.29, 0.717) is 32.8 Å². The number of methoxy groups -OCH3 is 3. The lowest BCUT2D eigenvalue weighted by atomic mass is 10.2. The van der Waals surface area contributed by atoms with Crippen LogP contribution in [-0.2, 0) is 0 Å². The summed E-state index contributed by atoms with van der Waals surface area (Å²) in [5.41, 5.74) is 0.541. The van der Waals surface area contributed by atoms with Crippen molar-refractivity contribution in [2.24, 2.45) is 0 Å². The molecular weight excluding hydrogens is 362 g/mol. The van der Waals surface area contributed by atoms with E-state index in [9.17, 15) is 4.79 Å². The summed E-state index contributed by atoms with van der Waals surface area (Å²) in [6.45, 7) is 0. The third-order valence-electron chi connectivity index (χ3n) is 3.70. The first-order chi connectivity index (χ1) is 12.1. The highest BCUT2D eigenvalue weighted by molar-refractivity contribution is 7.21. The Kier molecular flexibility index (Phi) is 5.01. The van der Waals surface area contributed by atoms with Crippen LogP contribution in [0.4, 0.5) is 5.69 Å². The van der Waals surface area contributed by atoms with Crippen LogP contribution in [0.3, 0.4) is 0 Å². The van der Waals surface area contributed by atoms with Gasteiger partial charge in [-0.25, -0.2) is 0 Å². The summed E-state index contributed by atoms with van der Waals surface area (Å²) in [5.74, 6) is 1.54. The van der Waals surface area contributed by atoms with E-state index in [1.54, 1.807) is 32.4 Å². The van der Waals surface area contributed by atoms with E-state index in [2.05, 4.69) is 5.32 Å². The van der Waals surface area contributed by atoms with Gasteiger partial charge in [-0.2, -0.15) is 0 Å². The summed E-state index contributed by atoms with van der Waals surface area (Å²) in [6.07, 6.45) is 0. The van der Waals surface area contributed by atoms with Gasteiger partial charge in [0.05, 0.1) is 32.0 Å². The van der Waals surface area contributed by atoms with Crippen molar-refractivity contribution in [1.82, 2.24) is 0 Å². The number of amides is 1. The fourth-order valence-electron chi connectivity index (χ4n) is 2.40. The molecule has 3 rings (SSSR count). The average molecular weight is 378 g/mol. The van der Waals surface area contributed by atoms with Crippen LogP contribution < -0.4 is 19.5 Å². The predicted octanol–water partition coefficient (Wildman–Crippen LogP) is 4.83. The van der Waals surface area contributed by atoms with Crippen LogP contribution in [0.5, 0.6) is 17.2 Å². The molecule has 7 heteroatoms. The highest BCUT2D eigenvalue weighted by Crippen LogP contribution is 2.38. The second kappa shape index (κ2) is 7.21. The van der Waals surface area contributed by atoms with Gasteiger partial charge in [-0.1, -0.05) is 11.6 Å². The number of hydrogen-bond donors (Lipinski definition) is 1. The zero-order valence-electron chi connectivity index (χ0n) is 13.9. The first kappa shape index (κ1) is 17.4. The number of ether oxygens (including phenoxy) is 3. The van der Waals surface area contributed by atoms with Crippen LogP contribution in [0, 0.1) is 0 Å². The molecule has 1 amide bonds. The fourth-order valence-corrected chi connectivity index (χ4v) is 3.78. The number of hydrogen-bond acceptors (Lipinski definition) is 5. The molecule has 1 N–H and O–H groups in total. The summed E-state index contributed by atoms with van der Waals surface area (Å²) in [4.78, 5) is 13.1. The summed E-state index contributed by atoms with van der Waals surface area (Å²) in [7, 11) is 4.69. The lowest BCUT2D eigenvalue weighted by Gasteiger charge is -2.11. The Bertz CT molecular complexity index is 938. The molecule has 0 fully saturated rings. The van der Waals surface area contributed by atoms with Crippen molar-refractivity contribution in [2.75, 3.05) is 26.6 Å². The van der Waals surface area contributed by atoms with Gasteiger partial charge in [0.2, 0.25) is 0 Å². The molecule has 0 aliphatic rings. The minimum absolute atomic E-state index is 0.298. The minimum atomic E-state index is -0.298. The van der Waals surface area contributed by atoms with Crippen LogP contribution in [0.1, 0.15) is 9.67 Å². The van der Waals surface area contributed by atoms with Crippen molar-refractivity contribution in [1.29, 1.82) is 0 Å². The number of halogens is 1. The predicted molar refractivity (Wildman–Crippen MR) is 101 cm³/mol. The fraction of sp³-hybridized carbons (Fsp3) is 0.167. The normalized spacial score (nSPS) is 10.6. The van der Waals surface area contributed by atoms with E-state index in [1.807, 2.05) is 18.2 Å². The summed E-state index contributed by atoms with van der Waals surface area (Å²) in [5, 5.41) is 4.03. The molecule has 0 bridgehead atoms. The van der Waals surface area contributed by atoms with Crippen molar-refractivity contribution in [3.63, 3.8) is 0 Å². The summed E-state index contributed by atoms with van der Waals surface area (Å²) < 4.78 is 16.6. The van der Waals surface area contributed by atoms with Crippen molar-refractivity contribution in [2.45, 2.75) is 0 Å². The van der Waals surface area contributed by atoms with Crippen LogP contribution in [-0.4, -0.2) is 27.2 Å². The van der Waals surface area contributed by atoms with Gasteiger partial charge in [-0.3, -0.25) is 4.79 Å². The Morgan fingerprint density at radius 2 is 1.68 bits per heavy atom. The molecule has 5 nitrogen and oxygen atoms in total. The quantitative estimate of drug-likeness (QED) is 0.691. The Morgan fingerprint density at radius 3 is 2.36 bits per heavy atom. The number of nitrogens with one attached hydrogen (secondary N) is 1. The minimum Gasteiger partial charge on any atom is -0.497 e. The standard InChI is InChI=1S/C18H16ClNO4S/c1-22-10-5-7-15-12(8-10)16(19)17(25-15)18(21)20-13-6-4-11(23-2)9-14(13)24-3/h4-9H,1-3H3,(H,20,21). The number of fused-ring (bicyclic) bond motifs is 1. The first-order valence-electron chi connectivity index (χ1n) is 7.36. The Morgan fingerprint density at radius 1 is 1.00 bits per heavy atom. The smallest absolute Gasteiger partial charge is 0.267 e. The lowest BCUT2D eigenvalue weighted by Crippen LogP contribution is -2.11. The maximum atomic E-state index is 12.7. The van der Waals surface area contributed by atoms with Gasteiger partial charge in [0.25, 0.3) is 5.91 Å². The summed E-state index contributed by atoms with van der Waals surface area (Å²) >= 11 is 7.74. The van der Waals surface area contributed by atoms with E-state index < -0.39 is 0 Å². The van der Waals surface area contributed by atoms with Gasteiger partial charge in [-0.15, -0.1) is 11.3 Å². The van der Waals surface area contributed by atoms with E-state index >= 15 is 0 Å². The van der Waals surface area contributed by atoms with Crippen molar-refractivity contribution in [3.05, 3.63) is 46.3 Å². The van der Waals surface area contributed by atoms with Crippen molar-refractivity contribution >= 4 is 44.6 Å². The van der Waals surface area contributed by atoms with Crippen LogP contribution in [0.25, 0.3) is 10.1 Å². The molecular formula is C18H16ClNO4S. The van der Waals surface area contributed by atoms with Gasteiger partial charge >= 0.3 is 0 Å². The molecule has 1 heterocycles. The SMILES string of the molecule is COc1ccc(NC(=O)c2sc3ccc(OC)cc3c2Cl)c(OC)c1. The number of benzene rings is 2. The number of carbonyl (C=O) groups is 1. The summed E-state index contributed by atoms with van der Waals surface area (Å²) in [6, 6.07) is 10.7. The Balaban J connectivity index is 1.94. The molecule has 3 aromatic rings. The number of anilines is 1. The van der Waals surface area contributed by atoms with Crippen LogP contribution in [0.2, 0.25) is 5.02 Å². The van der Waals surface area contributed by atoms with Crippen molar-refractivity contribution < 1.29 is 19.0 Å². The van der Waals surface area contributed by atoms with Crippen LogP contribution >= 0.6 is 22.9 Å². The van der Waals surface area contributed by atoms with Gasteiger partial charge in [0.15, 0.2) is 0 Å². The van der Waals surface area contributed by atoms with E-state index in [4.69, 9.17) is 25.8 Å². The topological polar surface area (TPSA) is 56.8 Å². The number of rotatable bonds is 5. The molecule has 0 atom stereocenters. The van der Waals surface area contributed by atoms with Gasteiger partial charge < -0.3 is 19.5 Å². The zero-order valence-corrected chi connectivity index (χ0v) is 15.5. The molecule has 25 heavy (non-hydrogen) atoms. The number of thiophene rings is 1. The second-order valence-corrected chi connectivity index (χ2v) is 6.56. The largest absolute Gasteiger partial charge is 0.497 e.